The molecule has 0 saturated carbocycles. The summed E-state index contributed by atoms with van der Waals surface area (Å²) in [5.41, 5.74) is 4.28. The monoisotopic (exact) mass is 358 g/mol. The molecule has 4 rings (SSSR count). The van der Waals surface area contributed by atoms with Crippen LogP contribution in [0, 0.1) is 0 Å². The van der Waals surface area contributed by atoms with E-state index in [4.69, 9.17) is 0 Å². The van der Waals surface area contributed by atoms with Gasteiger partial charge in [-0.3, -0.25) is 9.78 Å². The number of carbonyl (C=O) groups excluding carboxylic acids is 1. The summed E-state index contributed by atoms with van der Waals surface area (Å²) in [6.45, 7) is 0.481. The van der Waals surface area contributed by atoms with Gasteiger partial charge in [0.05, 0.1) is 6.42 Å². The fourth-order valence-electron chi connectivity index (χ4n) is 3.05. The van der Waals surface area contributed by atoms with E-state index in [2.05, 4.69) is 46.0 Å². The molecule has 128 valence electrons. The number of thiophene rings is 1. The van der Waals surface area contributed by atoms with Gasteiger partial charge in [0.15, 0.2) is 0 Å². The molecule has 0 aliphatic heterocycles. The topological polar surface area (TPSA) is 42.0 Å². The molecule has 4 aromatic rings. The molecule has 1 amide bonds. The first-order chi connectivity index (χ1) is 12.8. The standard InChI is InChI=1S/C22H18N2OS/c25-22(11-18-6-3-5-17-4-1-2-7-21(17)18)24-13-16-10-20(14-23-12-16)19-8-9-26-15-19/h1-10,12,14-15H,11,13H2,(H,24,25). The summed E-state index contributed by atoms with van der Waals surface area (Å²) >= 11 is 1.66. The minimum absolute atomic E-state index is 0.0160. The molecule has 1 N–H and O–H groups in total. The third-order valence-electron chi connectivity index (χ3n) is 4.37. The van der Waals surface area contributed by atoms with E-state index in [1.807, 2.05) is 35.8 Å². The maximum atomic E-state index is 12.4. The average Bonchev–Trinajstić information content (AvgIpc) is 3.22. The molecule has 0 radical (unpaired) electrons. The van der Waals surface area contributed by atoms with Gasteiger partial charge in [-0.15, -0.1) is 0 Å². The maximum absolute atomic E-state index is 12.4. The summed E-state index contributed by atoms with van der Waals surface area (Å²) < 4.78 is 0. The van der Waals surface area contributed by atoms with Crippen molar-refractivity contribution in [3.63, 3.8) is 0 Å². The van der Waals surface area contributed by atoms with Crippen molar-refractivity contribution in [1.82, 2.24) is 10.3 Å². The molecule has 0 atom stereocenters. The third kappa shape index (κ3) is 3.65. The van der Waals surface area contributed by atoms with Gasteiger partial charge >= 0.3 is 0 Å². The Morgan fingerprint density at radius 3 is 2.77 bits per heavy atom. The zero-order valence-electron chi connectivity index (χ0n) is 14.2. The average molecular weight is 358 g/mol. The normalized spacial score (nSPS) is 10.8. The molecule has 0 fully saturated rings. The first kappa shape index (κ1) is 16.5. The highest BCUT2D eigenvalue weighted by Crippen LogP contribution is 2.22. The molecular weight excluding hydrogens is 340 g/mol. The van der Waals surface area contributed by atoms with E-state index in [9.17, 15) is 4.79 Å². The lowest BCUT2D eigenvalue weighted by Gasteiger charge is -2.09. The number of hydrogen-bond acceptors (Lipinski definition) is 3. The number of fused-ring (bicyclic) bond motifs is 1. The number of nitrogens with one attached hydrogen (secondary N) is 1. The van der Waals surface area contributed by atoms with Crippen LogP contribution >= 0.6 is 11.3 Å². The molecule has 2 aromatic heterocycles. The summed E-state index contributed by atoms with van der Waals surface area (Å²) in [7, 11) is 0. The van der Waals surface area contributed by atoms with Gasteiger partial charge in [-0.05, 0) is 50.4 Å². The Bertz CT molecular complexity index is 1040. The number of carbonyl (C=O) groups is 1. The van der Waals surface area contributed by atoms with Crippen LogP contribution in [-0.2, 0) is 17.8 Å². The lowest BCUT2D eigenvalue weighted by molar-refractivity contribution is -0.120. The number of rotatable bonds is 5. The van der Waals surface area contributed by atoms with Gasteiger partial charge in [0.25, 0.3) is 0 Å². The lowest BCUT2D eigenvalue weighted by atomic mass is 10.0. The van der Waals surface area contributed by atoms with E-state index in [1.54, 1.807) is 17.5 Å². The largest absolute Gasteiger partial charge is 0.352 e. The fraction of sp³-hybridized carbons (Fsp3) is 0.0909. The van der Waals surface area contributed by atoms with E-state index >= 15 is 0 Å². The third-order valence-corrected chi connectivity index (χ3v) is 5.05. The van der Waals surface area contributed by atoms with Crippen LogP contribution < -0.4 is 5.32 Å². The molecule has 4 heteroatoms. The summed E-state index contributed by atoms with van der Waals surface area (Å²) in [5.74, 6) is 0.0160. The van der Waals surface area contributed by atoms with Gasteiger partial charge in [-0.25, -0.2) is 0 Å². The number of benzene rings is 2. The zero-order valence-corrected chi connectivity index (χ0v) is 15.0. The number of hydrogen-bond donors (Lipinski definition) is 1. The Kier molecular flexibility index (Phi) is 4.75. The minimum Gasteiger partial charge on any atom is -0.352 e. The van der Waals surface area contributed by atoms with E-state index in [1.165, 1.54) is 0 Å². The molecule has 0 saturated heterocycles. The van der Waals surface area contributed by atoms with Crippen LogP contribution in [0.5, 0.6) is 0 Å². The lowest BCUT2D eigenvalue weighted by Crippen LogP contribution is -2.24. The number of aromatic nitrogens is 1. The summed E-state index contributed by atoms with van der Waals surface area (Å²) in [5, 5.41) is 9.44. The van der Waals surface area contributed by atoms with Crippen molar-refractivity contribution in [3.8, 4) is 11.1 Å². The van der Waals surface area contributed by atoms with Gasteiger partial charge in [-0.2, -0.15) is 11.3 Å². The van der Waals surface area contributed by atoms with Crippen molar-refractivity contribution in [3.05, 3.63) is 88.9 Å². The van der Waals surface area contributed by atoms with Gasteiger partial charge < -0.3 is 5.32 Å². The highest BCUT2D eigenvalue weighted by atomic mass is 32.1. The van der Waals surface area contributed by atoms with Crippen molar-refractivity contribution in [2.75, 3.05) is 0 Å². The van der Waals surface area contributed by atoms with Crippen molar-refractivity contribution < 1.29 is 4.79 Å². The van der Waals surface area contributed by atoms with E-state index in [0.717, 1.165) is 33.0 Å². The van der Waals surface area contributed by atoms with Crippen molar-refractivity contribution in [2.45, 2.75) is 13.0 Å². The Morgan fingerprint density at radius 2 is 1.88 bits per heavy atom. The maximum Gasteiger partial charge on any atom is 0.224 e. The van der Waals surface area contributed by atoms with Crippen LogP contribution in [0.1, 0.15) is 11.1 Å². The first-order valence-electron chi connectivity index (χ1n) is 8.49. The summed E-state index contributed by atoms with van der Waals surface area (Å²) in [6, 6.07) is 18.4. The molecule has 0 spiro atoms. The number of nitrogens with zero attached hydrogens (tertiary/aromatic N) is 1. The first-order valence-corrected chi connectivity index (χ1v) is 9.44. The van der Waals surface area contributed by atoms with Crippen LogP contribution in [0.2, 0.25) is 0 Å². The predicted octanol–water partition coefficient (Wildman–Crippen LogP) is 4.82. The molecule has 0 unspecified atom stereocenters. The van der Waals surface area contributed by atoms with Crippen molar-refractivity contribution >= 4 is 28.0 Å². The Labute approximate surface area is 156 Å². The van der Waals surface area contributed by atoms with Gasteiger partial charge in [0.1, 0.15) is 0 Å². The van der Waals surface area contributed by atoms with Gasteiger partial charge in [-0.1, -0.05) is 42.5 Å². The van der Waals surface area contributed by atoms with Crippen LogP contribution in [0.25, 0.3) is 21.9 Å². The predicted molar refractivity (Wildman–Crippen MR) is 107 cm³/mol. The molecule has 2 aromatic carbocycles. The van der Waals surface area contributed by atoms with Gasteiger partial charge in [0.2, 0.25) is 5.91 Å². The smallest absolute Gasteiger partial charge is 0.224 e. The van der Waals surface area contributed by atoms with Crippen LogP contribution in [-0.4, -0.2) is 10.9 Å². The summed E-state index contributed by atoms with van der Waals surface area (Å²) in [4.78, 5) is 16.7. The van der Waals surface area contributed by atoms with Crippen LogP contribution in [0.4, 0.5) is 0 Å². The fourth-order valence-corrected chi connectivity index (χ4v) is 3.72. The number of pyridine rings is 1. The highest BCUT2D eigenvalue weighted by molar-refractivity contribution is 7.08. The highest BCUT2D eigenvalue weighted by Gasteiger charge is 2.07. The summed E-state index contributed by atoms with van der Waals surface area (Å²) in [6.07, 6.45) is 4.02. The molecular formula is C22H18N2OS. The van der Waals surface area contributed by atoms with E-state index in [-0.39, 0.29) is 5.91 Å². The van der Waals surface area contributed by atoms with E-state index in [0.29, 0.717) is 13.0 Å². The Balaban J connectivity index is 1.43. The van der Waals surface area contributed by atoms with Crippen molar-refractivity contribution in [2.24, 2.45) is 0 Å². The SMILES string of the molecule is O=C(Cc1cccc2ccccc12)NCc1cncc(-c2ccsc2)c1. The van der Waals surface area contributed by atoms with Crippen LogP contribution in [0.15, 0.2) is 77.8 Å². The minimum atomic E-state index is 0.0160. The second-order valence-electron chi connectivity index (χ2n) is 6.19. The molecule has 3 nitrogen and oxygen atoms in total. The second kappa shape index (κ2) is 7.50. The van der Waals surface area contributed by atoms with Crippen molar-refractivity contribution in [1.29, 1.82) is 0 Å². The van der Waals surface area contributed by atoms with Crippen LogP contribution in [0.3, 0.4) is 0 Å². The zero-order chi connectivity index (χ0) is 17.8. The molecule has 0 aliphatic rings. The number of amides is 1. The second-order valence-corrected chi connectivity index (χ2v) is 6.97. The Morgan fingerprint density at radius 1 is 1.00 bits per heavy atom. The molecule has 26 heavy (non-hydrogen) atoms. The molecule has 0 bridgehead atoms. The quantitative estimate of drug-likeness (QED) is 0.556. The van der Waals surface area contributed by atoms with E-state index < -0.39 is 0 Å². The Hall–Kier alpha value is -2.98. The molecule has 2 heterocycles. The molecule has 0 aliphatic carbocycles. The van der Waals surface area contributed by atoms with Gasteiger partial charge in [0, 0.05) is 24.5 Å².